The van der Waals surface area contributed by atoms with Crippen LogP contribution in [0.5, 0.6) is 0 Å². The van der Waals surface area contributed by atoms with Gasteiger partial charge in [-0.15, -0.1) is 24.8 Å². The van der Waals surface area contributed by atoms with E-state index in [4.69, 9.17) is 15.8 Å². The Morgan fingerprint density at radius 2 is 1.62 bits per heavy atom. The summed E-state index contributed by atoms with van der Waals surface area (Å²) in [5, 5.41) is 27.5. The van der Waals surface area contributed by atoms with Gasteiger partial charge < -0.3 is 25.8 Å². The first-order valence-electron chi connectivity index (χ1n) is 9.56. The maximum absolute atomic E-state index is 11.8. The van der Waals surface area contributed by atoms with Crippen LogP contribution in [0, 0.1) is 5.92 Å². The average molecular weight is 413 g/mol. The van der Waals surface area contributed by atoms with Gasteiger partial charge in [0.1, 0.15) is 5.54 Å². The van der Waals surface area contributed by atoms with Gasteiger partial charge in [0.15, 0.2) is 0 Å². The number of piperidine rings is 1. The van der Waals surface area contributed by atoms with E-state index in [0.29, 0.717) is 25.3 Å². The van der Waals surface area contributed by atoms with Crippen molar-refractivity contribution < 1.29 is 19.9 Å². The maximum atomic E-state index is 11.8. The van der Waals surface area contributed by atoms with E-state index in [1.807, 2.05) is 0 Å². The molecule has 5 N–H and O–H groups in total. The summed E-state index contributed by atoms with van der Waals surface area (Å²) in [4.78, 5) is 14.3. The normalized spacial score (nSPS) is 22.0. The van der Waals surface area contributed by atoms with Gasteiger partial charge in [-0.05, 0) is 57.4 Å². The van der Waals surface area contributed by atoms with Crippen molar-refractivity contribution in [1.29, 1.82) is 0 Å². The lowest BCUT2D eigenvalue weighted by atomic mass is 9.74. The Labute approximate surface area is 169 Å². The summed E-state index contributed by atoms with van der Waals surface area (Å²) in [5.41, 5.74) is 5.13. The molecule has 1 heterocycles. The van der Waals surface area contributed by atoms with E-state index in [-0.39, 0.29) is 37.1 Å². The second-order valence-electron chi connectivity index (χ2n) is 7.67. The zero-order chi connectivity index (χ0) is 17.6. The summed E-state index contributed by atoms with van der Waals surface area (Å²) in [6.45, 7) is 1.91. The second-order valence-corrected chi connectivity index (χ2v) is 7.67. The molecule has 1 saturated heterocycles. The number of unbranched alkanes of at least 4 members (excludes halogenated alkanes) is 1. The number of carboxylic acids is 1. The zero-order valence-electron chi connectivity index (χ0n) is 15.5. The Hall–Kier alpha value is -0.0451. The lowest BCUT2D eigenvalue weighted by Gasteiger charge is -2.43. The Balaban J connectivity index is 0.00000312. The molecule has 26 heavy (non-hydrogen) atoms. The molecule has 0 radical (unpaired) electrons. The van der Waals surface area contributed by atoms with Crippen LogP contribution in [0.2, 0.25) is 6.32 Å². The summed E-state index contributed by atoms with van der Waals surface area (Å²) in [6.07, 6.45) is 10.1. The van der Waals surface area contributed by atoms with Crippen LogP contribution in [0.1, 0.15) is 64.2 Å². The minimum Gasteiger partial charge on any atom is -0.480 e. The van der Waals surface area contributed by atoms with Gasteiger partial charge in [-0.1, -0.05) is 32.1 Å². The van der Waals surface area contributed by atoms with Crippen molar-refractivity contribution in [3.05, 3.63) is 0 Å². The van der Waals surface area contributed by atoms with E-state index in [1.165, 1.54) is 32.1 Å². The number of rotatable bonds is 8. The van der Waals surface area contributed by atoms with Crippen molar-refractivity contribution in [2.24, 2.45) is 11.7 Å². The van der Waals surface area contributed by atoms with E-state index < -0.39 is 18.6 Å². The summed E-state index contributed by atoms with van der Waals surface area (Å²) in [6, 6.07) is 0.683. The minimum atomic E-state index is -1.32. The molecular weight excluding hydrogens is 378 g/mol. The van der Waals surface area contributed by atoms with E-state index >= 15 is 0 Å². The highest BCUT2D eigenvalue weighted by molar-refractivity contribution is 6.40. The molecule has 0 aromatic carbocycles. The maximum Gasteiger partial charge on any atom is 0.451 e. The molecule has 6 nitrogen and oxygen atoms in total. The highest BCUT2D eigenvalue weighted by atomic mass is 35.5. The molecule has 0 aromatic heterocycles. The van der Waals surface area contributed by atoms with Crippen LogP contribution in [-0.2, 0) is 4.79 Å². The van der Waals surface area contributed by atoms with Crippen LogP contribution >= 0.6 is 24.8 Å². The van der Waals surface area contributed by atoms with E-state index in [1.54, 1.807) is 0 Å². The van der Waals surface area contributed by atoms with E-state index in [0.717, 1.165) is 25.9 Å². The molecule has 9 heteroatoms. The molecule has 2 aliphatic rings. The lowest BCUT2D eigenvalue weighted by Crippen LogP contribution is -2.57. The van der Waals surface area contributed by atoms with Gasteiger partial charge >= 0.3 is 13.1 Å². The van der Waals surface area contributed by atoms with Crippen molar-refractivity contribution in [3.63, 3.8) is 0 Å². The highest BCUT2D eigenvalue weighted by Crippen LogP contribution is 2.34. The third-order valence-corrected chi connectivity index (χ3v) is 6.05. The van der Waals surface area contributed by atoms with Gasteiger partial charge in [0.25, 0.3) is 0 Å². The van der Waals surface area contributed by atoms with Crippen molar-refractivity contribution in [2.45, 2.75) is 82.1 Å². The molecule has 154 valence electrons. The van der Waals surface area contributed by atoms with Crippen LogP contribution in [0.3, 0.4) is 0 Å². The van der Waals surface area contributed by atoms with Crippen molar-refractivity contribution in [2.75, 3.05) is 13.1 Å². The molecule has 0 aromatic rings. The van der Waals surface area contributed by atoms with Gasteiger partial charge in [0.05, 0.1) is 0 Å². The highest BCUT2D eigenvalue weighted by Gasteiger charge is 2.43. The SMILES string of the molecule is Cl.Cl.NC(CCCCB(O)O)(C(=O)O)C1CCN(C2CCCCC2)CC1. The number of nitrogens with two attached hydrogens (primary N) is 1. The van der Waals surface area contributed by atoms with Gasteiger partial charge in [-0.2, -0.15) is 0 Å². The second kappa shape index (κ2) is 12.4. The van der Waals surface area contributed by atoms with Crippen molar-refractivity contribution in [3.8, 4) is 0 Å². The zero-order valence-corrected chi connectivity index (χ0v) is 17.1. The summed E-state index contributed by atoms with van der Waals surface area (Å²) >= 11 is 0. The number of nitrogens with zero attached hydrogens (tertiary/aromatic N) is 1. The van der Waals surface area contributed by atoms with Crippen LogP contribution in [-0.4, -0.2) is 57.8 Å². The first-order chi connectivity index (χ1) is 11.4. The number of halogens is 2. The molecule has 0 bridgehead atoms. The molecule has 1 unspecified atom stereocenters. The van der Waals surface area contributed by atoms with Gasteiger partial charge in [-0.25, -0.2) is 0 Å². The van der Waals surface area contributed by atoms with Crippen LogP contribution in [0.15, 0.2) is 0 Å². The minimum absolute atomic E-state index is 0. The fourth-order valence-electron chi connectivity index (χ4n) is 4.46. The Bertz CT molecular complexity index is 406. The quantitative estimate of drug-likeness (QED) is 0.360. The topological polar surface area (TPSA) is 107 Å². The summed E-state index contributed by atoms with van der Waals surface area (Å²) in [7, 11) is -1.32. The molecule has 1 atom stereocenters. The standard InChI is InChI=1S/C17H33BN2O4.2ClH/c19-17(16(21)22,10-4-5-11-18(23)24)14-8-12-20(13-9-14)15-6-2-1-3-7-15;;/h14-15,23-24H,1-13,19H2,(H,21,22);2*1H. The molecule has 0 spiro atoms. The molecule has 1 aliphatic carbocycles. The number of carboxylic acid groups (broad SMARTS) is 1. The van der Waals surface area contributed by atoms with Crippen molar-refractivity contribution >= 4 is 37.9 Å². The smallest absolute Gasteiger partial charge is 0.451 e. The fourth-order valence-corrected chi connectivity index (χ4v) is 4.46. The molecule has 1 saturated carbocycles. The summed E-state index contributed by atoms with van der Waals surface area (Å²) in [5.74, 6) is -0.906. The first-order valence-corrected chi connectivity index (χ1v) is 9.56. The fraction of sp³-hybridized carbons (Fsp3) is 0.941. The number of carbonyl (C=O) groups is 1. The number of likely N-dealkylation sites (tertiary alicyclic amines) is 1. The Kier molecular flexibility index (Phi) is 12.4. The molecule has 1 aliphatic heterocycles. The third-order valence-electron chi connectivity index (χ3n) is 6.05. The van der Waals surface area contributed by atoms with Crippen LogP contribution in [0.4, 0.5) is 0 Å². The molecule has 2 fully saturated rings. The van der Waals surface area contributed by atoms with Crippen LogP contribution < -0.4 is 5.73 Å². The number of aliphatic carboxylic acids is 1. The van der Waals surface area contributed by atoms with Gasteiger partial charge in [-0.3, -0.25) is 4.79 Å². The monoisotopic (exact) mass is 412 g/mol. The first kappa shape index (κ1) is 26.0. The third kappa shape index (κ3) is 7.17. The van der Waals surface area contributed by atoms with Gasteiger partial charge in [0, 0.05) is 6.04 Å². The molecule has 2 rings (SSSR count). The number of hydrogen-bond donors (Lipinski definition) is 4. The largest absolute Gasteiger partial charge is 0.480 e. The number of hydrogen-bond acceptors (Lipinski definition) is 5. The van der Waals surface area contributed by atoms with Crippen molar-refractivity contribution in [1.82, 2.24) is 4.90 Å². The summed E-state index contributed by atoms with van der Waals surface area (Å²) < 4.78 is 0. The Morgan fingerprint density at radius 3 is 2.12 bits per heavy atom. The van der Waals surface area contributed by atoms with Crippen LogP contribution in [0.25, 0.3) is 0 Å². The Morgan fingerprint density at radius 1 is 1.04 bits per heavy atom. The average Bonchev–Trinajstić information content (AvgIpc) is 2.59. The predicted octanol–water partition coefficient (Wildman–Crippen LogP) is 2.30. The lowest BCUT2D eigenvalue weighted by molar-refractivity contribution is -0.147. The predicted molar refractivity (Wildman–Crippen MR) is 109 cm³/mol. The van der Waals surface area contributed by atoms with E-state index in [9.17, 15) is 9.90 Å². The molecular formula is C17H35BCl2N2O4. The van der Waals surface area contributed by atoms with Gasteiger partial charge in [0.2, 0.25) is 0 Å². The molecule has 0 amide bonds. The van der Waals surface area contributed by atoms with E-state index in [2.05, 4.69) is 4.90 Å².